The lowest BCUT2D eigenvalue weighted by molar-refractivity contribution is 0.0549. The van der Waals surface area contributed by atoms with Gasteiger partial charge in [-0.3, -0.25) is 9.97 Å². The monoisotopic (exact) mass is 913 g/mol. The number of aromatic nitrogens is 4. The number of aromatic amines is 2. The summed E-state index contributed by atoms with van der Waals surface area (Å²) in [7, 11) is 0. The maximum atomic E-state index is 10.5. The van der Waals surface area contributed by atoms with Gasteiger partial charge >= 0.3 is 0 Å². The van der Waals surface area contributed by atoms with E-state index in [1.165, 1.54) is 11.1 Å². The average Bonchev–Trinajstić information content (AvgIpc) is 4.08. The lowest BCUT2D eigenvalue weighted by atomic mass is 9.95. The second kappa shape index (κ2) is 18.4. The normalized spacial score (nSPS) is 17.7. The highest BCUT2D eigenvalue weighted by Gasteiger charge is 2.36. The highest BCUT2D eigenvalue weighted by Crippen LogP contribution is 2.41. The van der Waals surface area contributed by atoms with E-state index in [2.05, 4.69) is 102 Å². The Balaban J connectivity index is 0.000000170. The minimum absolute atomic E-state index is 0.701. The number of fused-ring (bicyclic) bond motifs is 4. The summed E-state index contributed by atoms with van der Waals surface area (Å²) in [6.07, 6.45) is 12.4. The molecule has 2 aliphatic carbocycles. The number of aliphatic hydroxyl groups is 4. The summed E-state index contributed by atoms with van der Waals surface area (Å²) in [6.45, 7) is 12.5. The molecule has 2 unspecified atom stereocenters. The maximum absolute atomic E-state index is 10.5. The van der Waals surface area contributed by atoms with E-state index in [0.29, 0.717) is 12.8 Å². The third-order valence-electron chi connectivity index (χ3n) is 13.6. The van der Waals surface area contributed by atoms with Crippen LogP contribution in [0.15, 0.2) is 122 Å². The van der Waals surface area contributed by atoms with Crippen molar-refractivity contribution in [3.05, 3.63) is 167 Å². The van der Waals surface area contributed by atoms with Gasteiger partial charge in [0.2, 0.25) is 0 Å². The molecule has 10 N–H and O–H groups in total. The third kappa shape index (κ3) is 9.82. The Morgan fingerprint density at radius 3 is 1.31 bits per heavy atom. The van der Waals surface area contributed by atoms with Crippen molar-refractivity contribution in [3.8, 4) is 0 Å². The fraction of sp³-hybridized carbons (Fsp3) is 0.321. The van der Waals surface area contributed by atoms with E-state index in [1.807, 2.05) is 90.3 Å². The highest BCUT2D eigenvalue weighted by molar-refractivity contribution is 5.87. The van der Waals surface area contributed by atoms with Crippen LogP contribution in [0.3, 0.4) is 0 Å². The van der Waals surface area contributed by atoms with E-state index in [-0.39, 0.29) is 0 Å². The minimum atomic E-state index is -0.885. The number of hydrogen-bond donors (Lipinski definition) is 10. The molecule has 4 heterocycles. The third-order valence-corrected chi connectivity index (χ3v) is 13.6. The van der Waals surface area contributed by atoms with E-state index in [0.717, 1.165) is 128 Å². The highest BCUT2D eigenvalue weighted by atomic mass is 16.3. The number of anilines is 6. The molecule has 12 nitrogen and oxygen atoms in total. The van der Waals surface area contributed by atoms with Crippen molar-refractivity contribution in [1.82, 2.24) is 19.9 Å². The Morgan fingerprint density at radius 1 is 0.544 bits per heavy atom. The summed E-state index contributed by atoms with van der Waals surface area (Å²) in [5.41, 5.74) is 12.7. The van der Waals surface area contributed by atoms with Crippen molar-refractivity contribution in [2.24, 2.45) is 0 Å². The first-order valence-corrected chi connectivity index (χ1v) is 23.7. The molecule has 0 saturated carbocycles. The van der Waals surface area contributed by atoms with Gasteiger partial charge in [0.05, 0.1) is 33.6 Å². The van der Waals surface area contributed by atoms with Gasteiger partial charge in [0, 0.05) is 105 Å². The van der Waals surface area contributed by atoms with E-state index < -0.39 is 22.4 Å². The first kappa shape index (κ1) is 46.4. The van der Waals surface area contributed by atoms with Crippen LogP contribution in [-0.4, -0.2) is 53.5 Å². The Hall–Kier alpha value is -6.70. The summed E-state index contributed by atoms with van der Waals surface area (Å²) >= 11 is 0. The first-order valence-electron chi connectivity index (χ1n) is 23.7. The molecule has 0 radical (unpaired) electrons. The fourth-order valence-electron chi connectivity index (χ4n) is 9.82. The number of nitrogens with one attached hydrogen (secondary N) is 6. The van der Waals surface area contributed by atoms with E-state index in [4.69, 9.17) is 0 Å². The van der Waals surface area contributed by atoms with Gasteiger partial charge in [0.15, 0.2) is 0 Å². The predicted molar refractivity (Wildman–Crippen MR) is 275 cm³/mol. The van der Waals surface area contributed by atoms with Crippen LogP contribution >= 0.6 is 0 Å². The molecule has 0 amide bonds. The van der Waals surface area contributed by atoms with Crippen LogP contribution in [0.2, 0.25) is 0 Å². The van der Waals surface area contributed by atoms with Crippen LogP contribution in [0.4, 0.5) is 34.1 Å². The number of pyridine rings is 2. The fourth-order valence-corrected chi connectivity index (χ4v) is 9.82. The van der Waals surface area contributed by atoms with E-state index >= 15 is 0 Å². The molecule has 10 rings (SSSR count). The zero-order valence-corrected chi connectivity index (χ0v) is 39.9. The van der Waals surface area contributed by atoms with Crippen LogP contribution in [0.5, 0.6) is 0 Å². The van der Waals surface area contributed by atoms with Crippen molar-refractivity contribution < 1.29 is 20.4 Å². The molecule has 4 aromatic carbocycles. The smallest absolute Gasteiger partial charge is 0.104 e. The van der Waals surface area contributed by atoms with Gasteiger partial charge in [-0.2, -0.15) is 0 Å². The van der Waals surface area contributed by atoms with Crippen molar-refractivity contribution >= 4 is 55.9 Å². The number of H-pyrrole nitrogens is 2. The Labute approximate surface area is 398 Å². The molecule has 0 spiro atoms. The molecule has 4 aromatic heterocycles. The molecule has 2 aliphatic rings. The Bertz CT molecular complexity index is 2840. The number of rotatable bonds is 14. The summed E-state index contributed by atoms with van der Waals surface area (Å²) < 4.78 is 0. The van der Waals surface area contributed by atoms with E-state index in [9.17, 15) is 20.4 Å². The molecule has 68 heavy (non-hydrogen) atoms. The molecule has 0 aliphatic heterocycles. The zero-order valence-electron chi connectivity index (χ0n) is 39.9. The van der Waals surface area contributed by atoms with Crippen molar-refractivity contribution in [1.29, 1.82) is 0 Å². The number of hydrogen-bond acceptors (Lipinski definition) is 10. The van der Waals surface area contributed by atoms with Gasteiger partial charge in [-0.05, 0) is 152 Å². The Kier molecular flexibility index (Phi) is 12.6. The molecule has 12 heteroatoms. The van der Waals surface area contributed by atoms with Gasteiger partial charge in [0.1, 0.15) is 11.2 Å². The van der Waals surface area contributed by atoms with Crippen LogP contribution < -0.4 is 21.3 Å². The first-order chi connectivity index (χ1) is 32.4. The van der Waals surface area contributed by atoms with Crippen molar-refractivity contribution in [2.45, 2.75) is 102 Å². The van der Waals surface area contributed by atoms with Crippen LogP contribution in [0.1, 0.15) is 99.2 Å². The van der Waals surface area contributed by atoms with Crippen LogP contribution in [-0.2, 0) is 48.1 Å². The van der Waals surface area contributed by atoms with Crippen LogP contribution in [0.25, 0.3) is 21.8 Å². The largest absolute Gasteiger partial charge is 0.386 e. The predicted octanol–water partition coefficient (Wildman–Crippen LogP) is 10.7. The van der Waals surface area contributed by atoms with Crippen LogP contribution in [0, 0.1) is 0 Å². The standard InChI is InChI=1S/2C28H32N4O2/c2*1-27(2,33)23-6-4-5-21-18(17-31-25(21)23)12-15-29-19-7-9-20(10-8-19)32-24-13-16-30-26-22(24)11-14-28(26,3)34/h2*4-10,13,16-17,29,31,33-34H,11-12,14-15H2,1-3H3,(H,30,32). The van der Waals surface area contributed by atoms with Gasteiger partial charge < -0.3 is 51.7 Å². The SMILES string of the molecule is CC(C)(O)c1cccc2c(CCNc3ccc(Nc4ccnc5c4CCC5(C)O)cc3)c[nH]c12.CC(C)(O)c1cccc2c(CCNc3ccc(Nc4ccnc5c4CCC5(C)O)cc3)c[nH]c12. The molecule has 0 bridgehead atoms. The maximum Gasteiger partial charge on any atom is 0.104 e. The van der Waals surface area contributed by atoms with Gasteiger partial charge in [-0.15, -0.1) is 0 Å². The average molecular weight is 913 g/mol. The molecule has 8 aromatic rings. The van der Waals surface area contributed by atoms with Gasteiger partial charge in [-0.1, -0.05) is 36.4 Å². The molecular weight excluding hydrogens is 849 g/mol. The molecule has 0 fully saturated rings. The Morgan fingerprint density at radius 2 is 0.926 bits per heavy atom. The number of nitrogens with zero attached hydrogens (tertiary/aromatic N) is 2. The molecule has 2 atom stereocenters. The van der Waals surface area contributed by atoms with E-state index in [1.54, 1.807) is 12.4 Å². The van der Waals surface area contributed by atoms with Crippen molar-refractivity contribution in [3.63, 3.8) is 0 Å². The second-order valence-electron chi connectivity index (χ2n) is 19.9. The number of benzene rings is 4. The summed E-state index contributed by atoms with van der Waals surface area (Å²) in [6, 6.07) is 32.6. The summed E-state index contributed by atoms with van der Waals surface area (Å²) in [4.78, 5) is 15.5. The second-order valence-corrected chi connectivity index (χ2v) is 19.9. The summed E-state index contributed by atoms with van der Waals surface area (Å²) in [5.74, 6) is 0. The molecule has 0 saturated heterocycles. The lowest BCUT2D eigenvalue weighted by Gasteiger charge is -2.18. The minimum Gasteiger partial charge on any atom is -0.386 e. The lowest BCUT2D eigenvalue weighted by Crippen LogP contribution is -2.18. The van der Waals surface area contributed by atoms with Gasteiger partial charge in [-0.25, -0.2) is 0 Å². The quantitative estimate of drug-likeness (QED) is 0.0503. The molecule has 352 valence electrons. The number of para-hydroxylation sites is 2. The topological polar surface area (TPSA) is 186 Å². The van der Waals surface area contributed by atoms with Crippen molar-refractivity contribution in [2.75, 3.05) is 34.4 Å². The zero-order chi connectivity index (χ0) is 47.8. The van der Waals surface area contributed by atoms with Gasteiger partial charge in [0.25, 0.3) is 0 Å². The summed E-state index contributed by atoms with van der Waals surface area (Å²) in [5, 5.41) is 58.2. The molecular formula is C56H64N8O4.